The van der Waals surface area contributed by atoms with Gasteiger partial charge in [-0.25, -0.2) is 14.8 Å². The zero-order valence-corrected chi connectivity index (χ0v) is 18.6. The Hall–Kier alpha value is -4.72. The fraction of sp³-hybridized carbons (Fsp3) is 0.0769. The summed E-state index contributed by atoms with van der Waals surface area (Å²) in [5.74, 6) is 0.676. The summed E-state index contributed by atoms with van der Waals surface area (Å²) in [7, 11) is 0. The van der Waals surface area contributed by atoms with E-state index >= 15 is 0 Å². The van der Waals surface area contributed by atoms with Crippen LogP contribution in [0.5, 0.6) is 0 Å². The Morgan fingerprint density at radius 1 is 0.941 bits per heavy atom. The highest BCUT2D eigenvalue weighted by molar-refractivity contribution is 6.00. The number of benzene rings is 2. The van der Waals surface area contributed by atoms with E-state index in [1.165, 1.54) is 0 Å². The molecule has 0 spiro atoms. The van der Waals surface area contributed by atoms with Gasteiger partial charge in [0.25, 0.3) is 0 Å². The lowest BCUT2D eigenvalue weighted by molar-refractivity contribution is 0.262. The SMILES string of the molecule is Cc1ccc(NC(=O)Nc2cccc(-c3cn4ccnc4c(NCc4ccncc4)n3)c2)cc1. The number of nitrogens with one attached hydrogen (secondary N) is 3. The molecule has 5 aromatic rings. The smallest absolute Gasteiger partial charge is 0.323 e. The van der Waals surface area contributed by atoms with Gasteiger partial charge in [0, 0.05) is 54.5 Å². The van der Waals surface area contributed by atoms with Crippen molar-refractivity contribution >= 4 is 28.9 Å². The number of pyridine rings is 1. The molecular weight excluding hydrogens is 426 g/mol. The zero-order chi connectivity index (χ0) is 23.3. The number of urea groups is 1. The second-order valence-electron chi connectivity index (χ2n) is 7.87. The van der Waals surface area contributed by atoms with Gasteiger partial charge < -0.3 is 20.4 Å². The number of carbonyl (C=O) groups is 1. The molecule has 3 N–H and O–H groups in total. The van der Waals surface area contributed by atoms with Crippen molar-refractivity contribution < 1.29 is 4.79 Å². The molecule has 0 fully saturated rings. The van der Waals surface area contributed by atoms with E-state index in [0.29, 0.717) is 18.1 Å². The first-order chi connectivity index (χ1) is 16.6. The minimum Gasteiger partial charge on any atom is -0.363 e. The Balaban J connectivity index is 1.36. The molecule has 0 saturated heterocycles. The van der Waals surface area contributed by atoms with E-state index in [2.05, 4.69) is 25.9 Å². The first-order valence-corrected chi connectivity index (χ1v) is 10.9. The molecule has 3 aromatic heterocycles. The second kappa shape index (κ2) is 9.41. The number of aromatic nitrogens is 4. The van der Waals surface area contributed by atoms with Crippen molar-refractivity contribution in [2.45, 2.75) is 13.5 Å². The molecule has 0 bridgehead atoms. The van der Waals surface area contributed by atoms with E-state index in [9.17, 15) is 4.79 Å². The second-order valence-corrected chi connectivity index (χ2v) is 7.87. The summed E-state index contributed by atoms with van der Waals surface area (Å²) in [6, 6.07) is 18.8. The number of hydrogen-bond acceptors (Lipinski definition) is 5. The Bertz CT molecular complexity index is 1430. The highest BCUT2D eigenvalue weighted by Crippen LogP contribution is 2.25. The summed E-state index contributed by atoms with van der Waals surface area (Å²) >= 11 is 0. The molecule has 3 heterocycles. The molecule has 2 amide bonds. The number of hydrogen-bond donors (Lipinski definition) is 3. The maximum absolute atomic E-state index is 12.5. The minimum absolute atomic E-state index is 0.307. The van der Waals surface area contributed by atoms with Gasteiger partial charge in [-0.2, -0.15) is 0 Å². The molecular formula is C26H23N7O. The van der Waals surface area contributed by atoms with Crippen LogP contribution in [-0.2, 0) is 6.54 Å². The lowest BCUT2D eigenvalue weighted by atomic mass is 10.1. The third-order valence-electron chi connectivity index (χ3n) is 5.31. The number of nitrogens with zero attached hydrogens (tertiary/aromatic N) is 4. The monoisotopic (exact) mass is 449 g/mol. The summed E-state index contributed by atoms with van der Waals surface area (Å²) in [5.41, 5.74) is 6.00. The highest BCUT2D eigenvalue weighted by Gasteiger charge is 2.11. The topological polar surface area (TPSA) is 96.2 Å². The Morgan fingerprint density at radius 2 is 1.74 bits per heavy atom. The molecule has 2 aromatic carbocycles. The fourth-order valence-corrected chi connectivity index (χ4v) is 3.56. The van der Waals surface area contributed by atoms with Gasteiger partial charge in [0.15, 0.2) is 11.5 Å². The molecule has 0 saturated carbocycles. The predicted molar refractivity (Wildman–Crippen MR) is 134 cm³/mol. The van der Waals surface area contributed by atoms with Crippen LogP contribution in [0.25, 0.3) is 16.9 Å². The average molecular weight is 450 g/mol. The van der Waals surface area contributed by atoms with E-state index in [1.807, 2.05) is 84.4 Å². The van der Waals surface area contributed by atoms with Crippen molar-refractivity contribution in [2.75, 3.05) is 16.0 Å². The lowest BCUT2D eigenvalue weighted by Gasteiger charge is -2.12. The number of anilines is 3. The largest absolute Gasteiger partial charge is 0.363 e. The highest BCUT2D eigenvalue weighted by atomic mass is 16.2. The van der Waals surface area contributed by atoms with Crippen LogP contribution in [-0.4, -0.2) is 25.4 Å². The molecule has 0 aliphatic heterocycles. The van der Waals surface area contributed by atoms with Gasteiger partial charge in [-0.15, -0.1) is 0 Å². The van der Waals surface area contributed by atoms with Gasteiger partial charge >= 0.3 is 6.03 Å². The standard InChI is InChI=1S/C26H23N7O/c1-18-5-7-21(8-6-18)30-26(34)31-22-4-2-3-20(15-22)23-17-33-14-13-28-25(33)24(32-23)29-16-19-9-11-27-12-10-19/h2-15,17H,16H2,1H3,(H,29,32)(H2,30,31,34). The van der Waals surface area contributed by atoms with Crippen molar-refractivity contribution in [3.05, 3.63) is 103 Å². The van der Waals surface area contributed by atoms with Crippen LogP contribution in [0.1, 0.15) is 11.1 Å². The number of carbonyl (C=O) groups excluding carboxylic acids is 1. The summed E-state index contributed by atoms with van der Waals surface area (Å²) < 4.78 is 1.93. The van der Waals surface area contributed by atoms with E-state index in [4.69, 9.17) is 4.98 Å². The molecule has 8 heteroatoms. The number of amides is 2. The first kappa shape index (κ1) is 21.1. The van der Waals surface area contributed by atoms with Crippen LogP contribution in [0.4, 0.5) is 22.0 Å². The Labute approximate surface area is 196 Å². The van der Waals surface area contributed by atoms with Gasteiger partial charge in [-0.1, -0.05) is 29.8 Å². The summed E-state index contributed by atoms with van der Waals surface area (Å²) in [5, 5.41) is 9.11. The maximum Gasteiger partial charge on any atom is 0.323 e. The van der Waals surface area contributed by atoms with Gasteiger partial charge in [-0.3, -0.25) is 4.98 Å². The molecule has 8 nitrogen and oxygen atoms in total. The molecule has 0 aliphatic rings. The number of fused-ring (bicyclic) bond motifs is 1. The van der Waals surface area contributed by atoms with Gasteiger partial charge in [0.1, 0.15) is 0 Å². The van der Waals surface area contributed by atoms with Crippen molar-refractivity contribution in [3.8, 4) is 11.3 Å². The van der Waals surface area contributed by atoms with E-state index in [-0.39, 0.29) is 6.03 Å². The van der Waals surface area contributed by atoms with E-state index < -0.39 is 0 Å². The minimum atomic E-state index is -0.307. The quantitative estimate of drug-likeness (QED) is 0.324. The molecule has 5 rings (SSSR count). The average Bonchev–Trinajstić information content (AvgIpc) is 3.34. The fourth-order valence-electron chi connectivity index (χ4n) is 3.56. The van der Waals surface area contributed by atoms with Crippen molar-refractivity contribution in [1.29, 1.82) is 0 Å². The zero-order valence-electron chi connectivity index (χ0n) is 18.6. The van der Waals surface area contributed by atoms with Crippen molar-refractivity contribution in [3.63, 3.8) is 0 Å². The van der Waals surface area contributed by atoms with Gasteiger partial charge in [-0.05, 0) is 48.9 Å². The first-order valence-electron chi connectivity index (χ1n) is 10.9. The normalized spacial score (nSPS) is 10.7. The Morgan fingerprint density at radius 3 is 2.56 bits per heavy atom. The third-order valence-corrected chi connectivity index (χ3v) is 5.31. The lowest BCUT2D eigenvalue weighted by Crippen LogP contribution is -2.19. The molecule has 34 heavy (non-hydrogen) atoms. The molecule has 0 aliphatic carbocycles. The predicted octanol–water partition coefficient (Wildman–Crippen LogP) is 5.36. The molecule has 168 valence electrons. The number of imidazole rings is 1. The molecule has 0 unspecified atom stereocenters. The van der Waals surface area contributed by atoms with Crippen molar-refractivity contribution in [2.24, 2.45) is 0 Å². The summed E-state index contributed by atoms with van der Waals surface area (Å²) in [4.78, 5) is 25.8. The van der Waals surface area contributed by atoms with Crippen LogP contribution in [0.15, 0.2) is 91.6 Å². The maximum atomic E-state index is 12.5. The molecule has 0 radical (unpaired) electrons. The number of rotatable bonds is 6. The van der Waals surface area contributed by atoms with Gasteiger partial charge in [0.05, 0.1) is 5.69 Å². The van der Waals surface area contributed by atoms with E-state index in [0.717, 1.165) is 33.7 Å². The Kier molecular flexibility index (Phi) is 5.85. The molecule has 0 atom stereocenters. The van der Waals surface area contributed by atoms with Crippen molar-refractivity contribution in [1.82, 2.24) is 19.4 Å². The van der Waals surface area contributed by atoms with Crippen LogP contribution in [0.3, 0.4) is 0 Å². The van der Waals surface area contributed by atoms with Crippen LogP contribution < -0.4 is 16.0 Å². The number of aryl methyl sites for hydroxylation is 1. The summed E-state index contributed by atoms with van der Waals surface area (Å²) in [6.07, 6.45) is 9.07. The van der Waals surface area contributed by atoms with Gasteiger partial charge in [0.2, 0.25) is 0 Å². The van der Waals surface area contributed by atoms with Crippen LogP contribution in [0.2, 0.25) is 0 Å². The van der Waals surface area contributed by atoms with E-state index in [1.54, 1.807) is 18.6 Å². The van der Waals surface area contributed by atoms with Crippen LogP contribution in [0, 0.1) is 6.92 Å². The third kappa shape index (κ3) is 4.86. The van der Waals surface area contributed by atoms with Crippen LogP contribution >= 0.6 is 0 Å². The summed E-state index contributed by atoms with van der Waals surface area (Å²) in [6.45, 7) is 2.60.